The van der Waals surface area contributed by atoms with Gasteiger partial charge in [-0.15, -0.1) is 0 Å². The molecule has 0 aliphatic carbocycles. The summed E-state index contributed by atoms with van der Waals surface area (Å²) in [6.07, 6.45) is 3.42. The van der Waals surface area contributed by atoms with Crippen molar-refractivity contribution in [2.24, 2.45) is 0 Å². The maximum atomic E-state index is 12.4. The van der Waals surface area contributed by atoms with Crippen molar-refractivity contribution in [2.75, 3.05) is 7.11 Å². The van der Waals surface area contributed by atoms with Crippen LogP contribution in [0.5, 0.6) is 23.0 Å². The number of hydrogen-bond acceptors (Lipinski definition) is 8. The molecule has 0 amide bonds. The van der Waals surface area contributed by atoms with Gasteiger partial charge < -0.3 is 19.7 Å². The first-order valence-electron chi connectivity index (χ1n) is 11.1. The van der Waals surface area contributed by atoms with E-state index in [1.54, 1.807) is 12.1 Å². The van der Waals surface area contributed by atoms with E-state index in [2.05, 4.69) is 13.2 Å². The van der Waals surface area contributed by atoms with Gasteiger partial charge in [-0.2, -0.15) is 0 Å². The lowest BCUT2D eigenvalue weighted by Gasteiger charge is -2.18. The van der Waals surface area contributed by atoms with Crippen molar-refractivity contribution in [1.82, 2.24) is 0 Å². The Labute approximate surface area is 214 Å². The first-order chi connectivity index (χ1) is 17.4. The molecular formula is C29H28O8. The topological polar surface area (TPSA) is 127 Å². The van der Waals surface area contributed by atoms with Gasteiger partial charge in [-0.05, 0) is 72.5 Å². The van der Waals surface area contributed by atoms with E-state index in [-0.39, 0.29) is 40.6 Å². The van der Waals surface area contributed by atoms with Gasteiger partial charge in [-0.1, -0.05) is 37.4 Å². The average molecular weight is 505 g/mol. The fourth-order valence-electron chi connectivity index (χ4n) is 3.00. The summed E-state index contributed by atoms with van der Waals surface area (Å²) in [6.45, 7) is 9.96. The van der Waals surface area contributed by atoms with E-state index >= 15 is 0 Å². The van der Waals surface area contributed by atoms with Crippen LogP contribution in [0.25, 0.3) is 12.2 Å². The van der Waals surface area contributed by atoms with Crippen LogP contribution in [0.1, 0.15) is 31.4 Å². The molecular weight excluding hydrogens is 476 g/mol. The molecule has 0 fully saturated rings. The van der Waals surface area contributed by atoms with Crippen molar-refractivity contribution >= 4 is 35.3 Å². The summed E-state index contributed by atoms with van der Waals surface area (Å²) in [5, 5.41) is 19.8. The molecule has 0 bridgehead atoms. The number of benzene rings is 2. The van der Waals surface area contributed by atoms with Gasteiger partial charge in [0.1, 0.15) is 0 Å². The van der Waals surface area contributed by atoms with Crippen LogP contribution < -0.4 is 9.47 Å². The number of methoxy groups -OCH3 is 1. The van der Waals surface area contributed by atoms with E-state index in [4.69, 9.17) is 9.47 Å². The Hall–Kier alpha value is -4.72. The summed E-state index contributed by atoms with van der Waals surface area (Å²) in [5.74, 6) is -2.45. The lowest BCUT2D eigenvalue weighted by molar-refractivity contribution is -0.132. The van der Waals surface area contributed by atoms with Crippen LogP contribution in [0.15, 0.2) is 72.9 Å². The zero-order chi connectivity index (χ0) is 27.7. The molecule has 0 heterocycles. The molecule has 8 nitrogen and oxygen atoms in total. The second kappa shape index (κ2) is 12.8. The standard InChI is InChI=1S/C29H28O8/c1-17(2)27(34)29(28(35)18(3)4)37-26-15-20(9-13-24(26)33)7-11-22(31)16-21(30)10-6-19-8-12-23(32)25(14-19)36-5/h6-15,29,32-33H,1,3,16H2,2,4-5H3/b10-6+,11-7+. The van der Waals surface area contributed by atoms with Gasteiger partial charge in [0.25, 0.3) is 0 Å². The van der Waals surface area contributed by atoms with Crippen molar-refractivity contribution in [3.63, 3.8) is 0 Å². The van der Waals surface area contributed by atoms with Crippen LogP contribution in [-0.4, -0.2) is 46.6 Å². The van der Waals surface area contributed by atoms with Crippen LogP contribution in [0.2, 0.25) is 0 Å². The van der Waals surface area contributed by atoms with Crippen LogP contribution in [0, 0.1) is 0 Å². The predicted molar refractivity (Wildman–Crippen MR) is 140 cm³/mol. The predicted octanol–water partition coefficient (Wildman–Crippen LogP) is 4.40. The minimum Gasteiger partial charge on any atom is -0.504 e. The van der Waals surface area contributed by atoms with E-state index in [1.807, 2.05) is 0 Å². The van der Waals surface area contributed by atoms with Crippen molar-refractivity contribution < 1.29 is 38.9 Å². The first-order valence-corrected chi connectivity index (χ1v) is 11.1. The highest BCUT2D eigenvalue weighted by atomic mass is 16.5. The maximum Gasteiger partial charge on any atom is 0.223 e. The molecule has 0 saturated heterocycles. The minimum atomic E-state index is -1.56. The molecule has 37 heavy (non-hydrogen) atoms. The smallest absolute Gasteiger partial charge is 0.223 e. The van der Waals surface area contributed by atoms with Gasteiger partial charge in [-0.25, -0.2) is 0 Å². The molecule has 0 aliphatic rings. The number of ketones is 4. The molecule has 0 atom stereocenters. The molecule has 0 radical (unpaired) electrons. The number of hydrogen-bond donors (Lipinski definition) is 2. The fourth-order valence-corrected chi connectivity index (χ4v) is 3.00. The summed E-state index contributed by atoms with van der Waals surface area (Å²) in [7, 11) is 1.41. The third-order valence-corrected chi connectivity index (χ3v) is 5.02. The Balaban J connectivity index is 2.11. The molecule has 0 unspecified atom stereocenters. The first kappa shape index (κ1) is 28.5. The highest BCUT2D eigenvalue weighted by molar-refractivity contribution is 6.17. The Morgan fingerprint density at radius 1 is 0.811 bits per heavy atom. The summed E-state index contributed by atoms with van der Waals surface area (Å²) >= 11 is 0. The molecule has 2 rings (SSSR count). The van der Waals surface area contributed by atoms with Crippen molar-refractivity contribution in [1.29, 1.82) is 0 Å². The van der Waals surface area contributed by atoms with Gasteiger partial charge in [0, 0.05) is 0 Å². The van der Waals surface area contributed by atoms with E-state index in [1.165, 1.54) is 69.5 Å². The molecule has 2 aromatic carbocycles. The van der Waals surface area contributed by atoms with Crippen LogP contribution in [-0.2, 0) is 19.2 Å². The lowest BCUT2D eigenvalue weighted by atomic mass is 10.0. The number of carbonyl (C=O) groups excluding carboxylic acids is 4. The molecule has 0 spiro atoms. The number of phenolic OH excluding ortho intramolecular Hbond substituents is 2. The van der Waals surface area contributed by atoms with Gasteiger partial charge in [0.2, 0.25) is 17.7 Å². The molecule has 2 aromatic rings. The van der Waals surface area contributed by atoms with Crippen LogP contribution in [0.4, 0.5) is 0 Å². The van der Waals surface area contributed by atoms with E-state index in [0.29, 0.717) is 11.1 Å². The Morgan fingerprint density at radius 2 is 1.24 bits per heavy atom. The highest BCUT2D eigenvalue weighted by Crippen LogP contribution is 2.30. The second-order valence-corrected chi connectivity index (χ2v) is 8.22. The number of Topliss-reactive ketones (excluding diaryl/α,β-unsaturated/α-hetero) is 2. The zero-order valence-electron chi connectivity index (χ0n) is 20.8. The normalized spacial score (nSPS) is 11.0. The minimum absolute atomic E-state index is 0.0329. The quantitative estimate of drug-likeness (QED) is 0.304. The number of phenols is 2. The maximum absolute atomic E-state index is 12.4. The van der Waals surface area contributed by atoms with Crippen LogP contribution >= 0.6 is 0 Å². The van der Waals surface area contributed by atoms with E-state index in [0.717, 1.165) is 0 Å². The Bertz CT molecular complexity index is 1290. The number of allylic oxidation sites excluding steroid dienone is 2. The Morgan fingerprint density at radius 3 is 1.68 bits per heavy atom. The third-order valence-electron chi connectivity index (χ3n) is 5.02. The number of carbonyl (C=O) groups is 4. The van der Waals surface area contributed by atoms with E-state index in [9.17, 15) is 29.4 Å². The molecule has 192 valence electrons. The van der Waals surface area contributed by atoms with Crippen molar-refractivity contribution in [3.8, 4) is 23.0 Å². The third kappa shape index (κ3) is 8.17. The van der Waals surface area contributed by atoms with Crippen molar-refractivity contribution in [2.45, 2.75) is 26.4 Å². The van der Waals surface area contributed by atoms with Crippen molar-refractivity contribution in [3.05, 3.63) is 84.0 Å². The SMILES string of the molecule is C=C(C)C(=O)C(Oc1cc(/C=C/C(=O)CC(=O)/C=C/c2ccc(O)c(OC)c2)ccc1O)C(=O)C(=C)C. The largest absolute Gasteiger partial charge is 0.504 e. The molecule has 2 N–H and O–H groups in total. The summed E-state index contributed by atoms with van der Waals surface area (Å²) in [4.78, 5) is 49.3. The summed E-state index contributed by atoms with van der Waals surface area (Å²) < 4.78 is 10.5. The average Bonchev–Trinajstić information content (AvgIpc) is 2.85. The Kier molecular flexibility index (Phi) is 9.89. The van der Waals surface area contributed by atoms with Gasteiger partial charge in [0.15, 0.2) is 34.6 Å². The zero-order valence-corrected chi connectivity index (χ0v) is 20.8. The van der Waals surface area contributed by atoms with Crippen LogP contribution in [0.3, 0.4) is 0 Å². The van der Waals surface area contributed by atoms with Gasteiger partial charge in [0.05, 0.1) is 13.5 Å². The van der Waals surface area contributed by atoms with E-state index < -0.39 is 29.2 Å². The monoisotopic (exact) mass is 504 g/mol. The summed E-state index contributed by atoms with van der Waals surface area (Å²) in [5.41, 5.74) is 1.23. The summed E-state index contributed by atoms with van der Waals surface area (Å²) in [6, 6.07) is 8.69. The molecule has 0 aromatic heterocycles. The molecule has 8 heteroatoms. The van der Waals surface area contributed by atoms with Gasteiger partial charge in [-0.3, -0.25) is 19.2 Å². The number of ether oxygens (including phenoxy) is 2. The highest BCUT2D eigenvalue weighted by Gasteiger charge is 2.30. The second-order valence-electron chi connectivity index (χ2n) is 8.22. The fraction of sp³-hybridized carbons (Fsp3) is 0.172. The molecule has 0 saturated carbocycles. The number of aromatic hydroxyl groups is 2. The molecule has 0 aliphatic heterocycles. The number of rotatable bonds is 13. The lowest BCUT2D eigenvalue weighted by Crippen LogP contribution is -2.36. The van der Waals surface area contributed by atoms with Gasteiger partial charge >= 0.3 is 0 Å².